The number of rotatable bonds is 8. The van der Waals surface area contributed by atoms with Gasteiger partial charge in [-0.15, -0.1) is 24.0 Å². The molecule has 0 aliphatic carbocycles. The van der Waals surface area contributed by atoms with Crippen LogP contribution >= 0.6 is 24.0 Å². The summed E-state index contributed by atoms with van der Waals surface area (Å²) in [5, 5.41) is 6.14. The van der Waals surface area contributed by atoms with E-state index in [9.17, 15) is 9.59 Å². The van der Waals surface area contributed by atoms with Gasteiger partial charge in [0.2, 0.25) is 5.91 Å². The second kappa shape index (κ2) is 13.6. The van der Waals surface area contributed by atoms with Gasteiger partial charge in [0.05, 0.1) is 26.4 Å². The minimum atomic E-state index is -0.113. The van der Waals surface area contributed by atoms with Crippen LogP contribution in [0, 0.1) is 5.92 Å². The summed E-state index contributed by atoms with van der Waals surface area (Å²) in [6, 6.07) is 7.51. The number of ether oxygens (including phenoxy) is 2. The summed E-state index contributed by atoms with van der Waals surface area (Å²) in [6.07, 6.45) is 1.08. The zero-order valence-electron chi connectivity index (χ0n) is 18.8. The number of guanidine groups is 1. The highest BCUT2D eigenvalue weighted by atomic mass is 127. The molecule has 1 aromatic carbocycles. The van der Waals surface area contributed by atoms with Crippen molar-refractivity contribution in [2.45, 2.75) is 13.0 Å². The van der Waals surface area contributed by atoms with Crippen molar-refractivity contribution in [3.8, 4) is 0 Å². The van der Waals surface area contributed by atoms with Crippen molar-refractivity contribution >= 4 is 41.8 Å². The first kappa shape index (κ1) is 26.3. The lowest BCUT2D eigenvalue weighted by Gasteiger charge is -2.26. The highest BCUT2D eigenvalue weighted by Gasteiger charge is 2.25. The van der Waals surface area contributed by atoms with Crippen LogP contribution < -0.4 is 10.6 Å². The van der Waals surface area contributed by atoms with Gasteiger partial charge in [0.15, 0.2) is 5.96 Å². The van der Waals surface area contributed by atoms with Gasteiger partial charge in [-0.1, -0.05) is 12.1 Å². The summed E-state index contributed by atoms with van der Waals surface area (Å²) in [7, 11) is 3.47. The molecule has 2 N–H and O–H groups in total. The molecule has 2 fully saturated rings. The number of piperazine rings is 1. The topological polar surface area (TPSA) is 95.5 Å². The van der Waals surface area contributed by atoms with E-state index in [1.165, 1.54) is 0 Å². The number of hydrogen-bond donors (Lipinski definition) is 2. The first-order chi connectivity index (χ1) is 15.1. The number of hydrogen-bond acceptors (Lipinski definition) is 5. The molecule has 32 heavy (non-hydrogen) atoms. The van der Waals surface area contributed by atoms with Crippen LogP contribution in [0.1, 0.15) is 22.3 Å². The maximum Gasteiger partial charge on any atom is 0.254 e. The molecular formula is C22H34IN5O4. The highest BCUT2D eigenvalue weighted by Crippen LogP contribution is 2.17. The second-order valence-electron chi connectivity index (χ2n) is 7.84. The molecule has 178 valence electrons. The SMILES string of the molecule is CN=C(NCc1ccc(C(=O)N2CCNC(=O)C2)cc1)N1CCC(COCCOC)C1.I. The number of nitrogens with one attached hydrogen (secondary N) is 2. The van der Waals surface area contributed by atoms with Crippen molar-refractivity contribution in [3.05, 3.63) is 35.4 Å². The van der Waals surface area contributed by atoms with Crippen molar-refractivity contribution in [2.75, 3.05) is 66.7 Å². The van der Waals surface area contributed by atoms with Crippen molar-refractivity contribution in [3.63, 3.8) is 0 Å². The molecule has 2 heterocycles. The highest BCUT2D eigenvalue weighted by molar-refractivity contribution is 14.0. The smallest absolute Gasteiger partial charge is 0.254 e. The molecule has 0 bridgehead atoms. The van der Waals surface area contributed by atoms with Gasteiger partial charge in [0, 0.05) is 58.4 Å². The van der Waals surface area contributed by atoms with Crippen LogP contribution in [0.5, 0.6) is 0 Å². The summed E-state index contributed by atoms with van der Waals surface area (Å²) in [6.45, 7) is 5.65. The molecule has 0 aromatic heterocycles. The predicted molar refractivity (Wildman–Crippen MR) is 133 cm³/mol. The number of halogens is 1. The summed E-state index contributed by atoms with van der Waals surface area (Å²) in [4.78, 5) is 32.3. The summed E-state index contributed by atoms with van der Waals surface area (Å²) >= 11 is 0. The number of methoxy groups -OCH3 is 1. The molecule has 9 nitrogen and oxygen atoms in total. The van der Waals surface area contributed by atoms with E-state index in [-0.39, 0.29) is 42.3 Å². The average Bonchev–Trinajstić information content (AvgIpc) is 3.26. The lowest BCUT2D eigenvalue weighted by atomic mass is 10.1. The first-order valence-electron chi connectivity index (χ1n) is 10.8. The fourth-order valence-electron chi connectivity index (χ4n) is 3.83. The Morgan fingerprint density at radius 2 is 2.00 bits per heavy atom. The van der Waals surface area contributed by atoms with Crippen LogP contribution in [0.25, 0.3) is 0 Å². The molecule has 0 saturated carbocycles. The zero-order chi connectivity index (χ0) is 22.1. The Morgan fingerprint density at radius 3 is 2.69 bits per heavy atom. The van der Waals surface area contributed by atoms with E-state index in [2.05, 4.69) is 20.5 Å². The van der Waals surface area contributed by atoms with E-state index in [1.54, 1.807) is 19.1 Å². The quantitative estimate of drug-likeness (QED) is 0.213. The van der Waals surface area contributed by atoms with E-state index >= 15 is 0 Å². The Hall–Kier alpha value is -1.92. The maximum absolute atomic E-state index is 12.6. The van der Waals surface area contributed by atoms with E-state index < -0.39 is 0 Å². The molecule has 2 aliphatic heterocycles. The van der Waals surface area contributed by atoms with Crippen LogP contribution in [0.4, 0.5) is 0 Å². The third kappa shape index (κ3) is 7.59. The molecular weight excluding hydrogens is 525 g/mol. The normalized spacial score (nSPS) is 18.9. The first-order valence-corrected chi connectivity index (χ1v) is 10.8. The number of carbonyl (C=O) groups excluding carboxylic acids is 2. The Morgan fingerprint density at radius 1 is 1.22 bits per heavy atom. The third-order valence-corrected chi connectivity index (χ3v) is 5.56. The molecule has 3 rings (SSSR count). The Kier molecular flexibility index (Phi) is 11.2. The van der Waals surface area contributed by atoms with Gasteiger partial charge in [0.25, 0.3) is 5.91 Å². The monoisotopic (exact) mass is 559 g/mol. The Bertz CT molecular complexity index is 774. The standard InChI is InChI=1S/C22H33N5O4.HI/c1-23-22(27-9-7-18(14-27)16-31-12-11-30-2)25-13-17-3-5-19(6-4-17)21(29)26-10-8-24-20(28)15-26;/h3-6,18H,7-16H2,1-2H3,(H,23,25)(H,24,28);1H. The molecule has 1 atom stereocenters. The summed E-state index contributed by atoms with van der Waals surface area (Å²) < 4.78 is 10.7. The van der Waals surface area contributed by atoms with Crippen LogP contribution in [0.2, 0.25) is 0 Å². The summed E-state index contributed by atoms with van der Waals surface area (Å²) in [5.41, 5.74) is 1.66. The fourth-order valence-corrected chi connectivity index (χ4v) is 3.83. The molecule has 0 radical (unpaired) electrons. The van der Waals surface area contributed by atoms with Crippen LogP contribution in [-0.4, -0.2) is 94.3 Å². The van der Waals surface area contributed by atoms with Gasteiger partial charge in [-0.2, -0.15) is 0 Å². The molecule has 1 aromatic rings. The molecule has 2 saturated heterocycles. The van der Waals surface area contributed by atoms with E-state index in [0.717, 1.165) is 37.6 Å². The van der Waals surface area contributed by atoms with Crippen molar-refractivity contribution < 1.29 is 19.1 Å². The molecule has 1 unspecified atom stereocenters. The van der Waals surface area contributed by atoms with E-state index in [4.69, 9.17) is 9.47 Å². The lowest BCUT2D eigenvalue weighted by Crippen LogP contribution is -2.49. The van der Waals surface area contributed by atoms with E-state index in [1.807, 2.05) is 24.3 Å². The minimum absolute atomic E-state index is 0. The van der Waals surface area contributed by atoms with Gasteiger partial charge in [0.1, 0.15) is 0 Å². The molecule has 0 spiro atoms. The maximum atomic E-state index is 12.6. The van der Waals surface area contributed by atoms with Gasteiger partial charge >= 0.3 is 0 Å². The lowest BCUT2D eigenvalue weighted by molar-refractivity contribution is -0.123. The predicted octanol–water partition coefficient (Wildman–Crippen LogP) is 0.937. The van der Waals surface area contributed by atoms with Crippen LogP contribution in [0.3, 0.4) is 0 Å². The van der Waals surface area contributed by atoms with Gasteiger partial charge < -0.3 is 29.9 Å². The van der Waals surface area contributed by atoms with Gasteiger partial charge in [-0.3, -0.25) is 14.6 Å². The largest absolute Gasteiger partial charge is 0.382 e. The second-order valence-corrected chi connectivity index (χ2v) is 7.84. The van der Waals surface area contributed by atoms with Crippen molar-refractivity contribution in [2.24, 2.45) is 10.9 Å². The Labute approximate surface area is 206 Å². The molecule has 2 aliphatic rings. The van der Waals surface area contributed by atoms with Crippen LogP contribution in [-0.2, 0) is 20.8 Å². The number of benzene rings is 1. The average molecular weight is 559 g/mol. The molecule has 2 amide bonds. The van der Waals surface area contributed by atoms with Crippen LogP contribution in [0.15, 0.2) is 29.3 Å². The van der Waals surface area contributed by atoms with Gasteiger partial charge in [-0.25, -0.2) is 0 Å². The summed E-state index contributed by atoms with van der Waals surface area (Å²) in [5.74, 6) is 1.15. The van der Waals surface area contributed by atoms with Crippen molar-refractivity contribution in [1.29, 1.82) is 0 Å². The third-order valence-electron chi connectivity index (χ3n) is 5.56. The number of aliphatic imine (C=N–C) groups is 1. The van der Waals surface area contributed by atoms with E-state index in [0.29, 0.717) is 44.3 Å². The number of nitrogens with zero attached hydrogens (tertiary/aromatic N) is 3. The molecule has 10 heteroatoms. The van der Waals surface area contributed by atoms with Crippen molar-refractivity contribution in [1.82, 2.24) is 20.4 Å². The number of carbonyl (C=O) groups is 2. The number of amides is 2. The Balaban J connectivity index is 0.00000363. The van der Waals surface area contributed by atoms with Gasteiger partial charge in [-0.05, 0) is 24.1 Å². The minimum Gasteiger partial charge on any atom is -0.382 e. The number of likely N-dealkylation sites (tertiary alicyclic amines) is 1. The fraction of sp³-hybridized carbons (Fsp3) is 0.591. The zero-order valence-corrected chi connectivity index (χ0v) is 21.2.